The smallest absolute Gasteiger partial charge is 0.144 e. The average molecular weight is 236 g/mol. The standard InChI is InChI=1S/C14H24N2O/c1-13(2,3)6-9-12-10(16-15-9)7-14(4,5)8-11(12)17/h10,12,16H,6-8H2,1-5H3/t10-,12-/m0/s1. The second-order valence-corrected chi connectivity index (χ2v) is 7.57. The number of nitrogens with one attached hydrogen (secondary N) is 1. The van der Waals surface area contributed by atoms with Crippen molar-refractivity contribution >= 4 is 11.5 Å². The Morgan fingerprint density at radius 3 is 2.65 bits per heavy atom. The van der Waals surface area contributed by atoms with Crippen LogP contribution < -0.4 is 5.43 Å². The minimum atomic E-state index is 0.0437. The Bertz CT molecular complexity index is 363. The molecule has 1 aliphatic carbocycles. The van der Waals surface area contributed by atoms with Gasteiger partial charge in [0.15, 0.2) is 0 Å². The van der Waals surface area contributed by atoms with Gasteiger partial charge in [-0.15, -0.1) is 0 Å². The van der Waals surface area contributed by atoms with E-state index in [4.69, 9.17) is 0 Å². The molecule has 1 fully saturated rings. The molecular weight excluding hydrogens is 212 g/mol. The maximum Gasteiger partial charge on any atom is 0.144 e. The summed E-state index contributed by atoms with van der Waals surface area (Å²) in [5, 5.41) is 4.43. The summed E-state index contributed by atoms with van der Waals surface area (Å²) in [5.74, 6) is 0.418. The molecule has 0 saturated heterocycles. The Labute approximate surface area is 104 Å². The SMILES string of the molecule is CC(C)(C)CC1=NN[C@H]2CC(C)(C)CC(=O)[C@@H]12. The van der Waals surface area contributed by atoms with E-state index in [9.17, 15) is 4.79 Å². The van der Waals surface area contributed by atoms with Crippen molar-refractivity contribution in [3.63, 3.8) is 0 Å². The number of hydrogen-bond donors (Lipinski definition) is 1. The zero-order valence-corrected chi connectivity index (χ0v) is 11.6. The molecule has 0 aromatic rings. The number of carbonyl (C=O) groups excluding carboxylic acids is 1. The molecule has 0 aromatic carbocycles. The molecule has 2 atom stereocenters. The van der Waals surface area contributed by atoms with Gasteiger partial charge in [-0.2, -0.15) is 5.10 Å². The van der Waals surface area contributed by atoms with Gasteiger partial charge in [0.05, 0.1) is 17.7 Å². The van der Waals surface area contributed by atoms with E-state index in [1.165, 1.54) is 0 Å². The number of rotatable bonds is 1. The van der Waals surface area contributed by atoms with Gasteiger partial charge in [-0.3, -0.25) is 4.79 Å². The molecule has 0 spiro atoms. The van der Waals surface area contributed by atoms with Crippen molar-refractivity contribution in [1.82, 2.24) is 5.43 Å². The Balaban J connectivity index is 2.14. The van der Waals surface area contributed by atoms with Gasteiger partial charge < -0.3 is 5.43 Å². The molecule has 0 aromatic heterocycles. The monoisotopic (exact) mass is 236 g/mol. The van der Waals surface area contributed by atoms with Crippen LogP contribution in [0.25, 0.3) is 0 Å². The normalized spacial score (nSPS) is 31.8. The van der Waals surface area contributed by atoms with Crippen molar-refractivity contribution < 1.29 is 4.79 Å². The quantitative estimate of drug-likeness (QED) is 0.760. The van der Waals surface area contributed by atoms with Crippen LogP contribution in [-0.4, -0.2) is 17.5 Å². The lowest BCUT2D eigenvalue weighted by molar-refractivity contribution is -0.126. The zero-order valence-electron chi connectivity index (χ0n) is 11.6. The van der Waals surface area contributed by atoms with Crippen LogP contribution in [0.15, 0.2) is 5.10 Å². The van der Waals surface area contributed by atoms with E-state index < -0.39 is 0 Å². The van der Waals surface area contributed by atoms with Gasteiger partial charge in [0.2, 0.25) is 0 Å². The topological polar surface area (TPSA) is 41.5 Å². The molecule has 0 unspecified atom stereocenters. The predicted octanol–water partition coefficient (Wildman–Crippen LogP) is 2.76. The molecule has 17 heavy (non-hydrogen) atoms. The summed E-state index contributed by atoms with van der Waals surface area (Å²) in [6, 6.07) is 0.239. The molecule has 1 saturated carbocycles. The molecule has 1 aliphatic heterocycles. The number of ketones is 1. The van der Waals surface area contributed by atoms with E-state index >= 15 is 0 Å². The molecule has 3 nitrogen and oxygen atoms in total. The lowest BCUT2D eigenvalue weighted by Crippen LogP contribution is -2.45. The Morgan fingerprint density at radius 2 is 2.06 bits per heavy atom. The summed E-state index contributed by atoms with van der Waals surface area (Å²) in [6.45, 7) is 10.9. The maximum absolute atomic E-state index is 12.3. The fourth-order valence-corrected chi connectivity index (χ4v) is 3.06. The number of carbonyl (C=O) groups is 1. The third kappa shape index (κ3) is 2.70. The summed E-state index contributed by atoms with van der Waals surface area (Å²) in [4.78, 5) is 12.3. The van der Waals surface area contributed by atoms with Crippen LogP contribution in [0.4, 0.5) is 0 Å². The van der Waals surface area contributed by atoms with Gasteiger partial charge in [-0.1, -0.05) is 34.6 Å². The van der Waals surface area contributed by atoms with E-state index in [-0.39, 0.29) is 22.8 Å². The highest BCUT2D eigenvalue weighted by Gasteiger charge is 2.46. The maximum atomic E-state index is 12.3. The van der Waals surface area contributed by atoms with Crippen LogP contribution in [0.1, 0.15) is 53.9 Å². The molecule has 0 bridgehead atoms. The van der Waals surface area contributed by atoms with Crippen LogP contribution in [0.3, 0.4) is 0 Å². The van der Waals surface area contributed by atoms with Crippen LogP contribution in [0.5, 0.6) is 0 Å². The average Bonchev–Trinajstić information content (AvgIpc) is 2.42. The van der Waals surface area contributed by atoms with Crippen LogP contribution in [0, 0.1) is 16.7 Å². The van der Waals surface area contributed by atoms with Crippen LogP contribution in [0.2, 0.25) is 0 Å². The van der Waals surface area contributed by atoms with E-state index in [0.717, 1.165) is 18.6 Å². The van der Waals surface area contributed by atoms with Crippen molar-refractivity contribution in [2.45, 2.75) is 59.9 Å². The summed E-state index contributed by atoms with van der Waals surface area (Å²) in [7, 11) is 0. The molecule has 2 aliphatic rings. The summed E-state index contributed by atoms with van der Waals surface area (Å²) < 4.78 is 0. The van der Waals surface area contributed by atoms with Gasteiger partial charge in [-0.25, -0.2) is 0 Å². The third-order valence-corrected chi connectivity index (χ3v) is 3.62. The van der Waals surface area contributed by atoms with Crippen molar-refractivity contribution in [3.8, 4) is 0 Å². The van der Waals surface area contributed by atoms with Crippen molar-refractivity contribution in [1.29, 1.82) is 0 Å². The summed E-state index contributed by atoms with van der Waals surface area (Å²) >= 11 is 0. The van der Waals surface area contributed by atoms with Gasteiger partial charge in [-0.05, 0) is 23.7 Å². The molecular formula is C14H24N2O. The highest BCUT2D eigenvalue weighted by Crippen LogP contribution is 2.40. The number of nitrogens with zero attached hydrogens (tertiary/aromatic N) is 1. The van der Waals surface area contributed by atoms with Gasteiger partial charge >= 0.3 is 0 Å². The second kappa shape index (κ2) is 3.82. The highest BCUT2D eigenvalue weighted by molar-refractivity contribution is 6.07. The largest absolute Gasteiger partial charge is 0.306 e. The van der Waals surface area contributed by atoms with E-state index in [2.05, 4.69) is 45.1 Å². The molecule has 0 amide bonds. The van der Waals surface area contributed by atoms with Crippen LogP contribution >= 0.6 is 0 Å². The second-order valence-electron chi connectivity index (χ2n) is 7.57. The molecule has 0 radical (unpaired) electrons. The third-order valence-electron chi connectivity index (χ3n) is 3.62. The molecule has 2 rings (SSSR count). The number of hydrazone groups is 1. The molecule has 96 valence electrons. The van der Waals surface area contributed by atoms with E-state index in [1.54, 1.807) is 0 Å². The lowest BCUT2D eigenvalue weighted by atomic mass is 9.67. The predicted molar refractivity (Wildman–Crippen MR) is 69.9 cm³/mol. The van der Waals surface area contributed by atoms with Crippen molar-refractivity contribution in [2.24, 2.45) is 21.8 Å². The Hall–Kier alpha value is -0.860. The summed E-state index contributed by atoms with van der Waals surface area (Å²) in [6.07, 6.45) is 2.65. The van der Waals surface area contributed by atoms with Gasteiger partial charge in [0, 0.05) is 6.42 Å². The Morgan fingerprint density at radius 1 is 1.41 bits per heavy atom. The highest BCUT2D eigenvalue weighted by atomic mass is 16.1. The molecule has 1 N–H and O–H groups in total. The van der Waals surface area contributed by atoms with Crippen molar-refractivity contribution in [3.05, 3.63) is 0 Å². The zero-order chi connectivity index (χ0) is 12.8. The first-order valence-electron chi connectivity index (χ1n) is 6.53. The van der Waals surface area contributed by atoms with Gasteiger partial charge in [0.1, 0.15) is 5.78 Å². The fourth-order valence-electron chi connectivity index (χ4n) is 3.06. The first kappa shape index (κ1) is 12.6. The number of fused-ring (bicyclic) bond motifs is 1. The minimum absolute atomic E-state index is 0.0437. The minimum Gasteiger partial charge on any atom is -0.306 e. The summed E-state index contributed by atoms with van der Waals surface area (Å²) in [5.41, 5.74) is 4.58. The Kier molecular flexibility index (Phi) is 2.83. The fraction of sp³-hybridized carbons (Fsp3) is 0.857. The molecule has 3 heteroatoms. The van der Waals surface area contributed by atoms with Gasteiger partial charge in [0.25, 0.3) is 0 Å². The molecule has 1 heterocycles. The van der Waals surface area contributed by atoms with E-state index in [0.29, 0.717) is 12.2 Å². The number of Topliss-reactive ketones (excluding diaryl/α,β-unsaturated/α-hetero) is 1. The first-order chi connectivity index (χ1) is 7.68. The number of hydrogen-bond acceptors (Lipinski definition) is 3. The van der Waals surface area contributed by atoms with E-state index in [1.807, 2.05) is 0 Å². The van der Waals surface area contributed by atoms with Crippen LogP contribution in [-0.2, 0) is 4.79 Å². The first-order valence-corrected chi connectivity index (χ1v) is 6.53. The lowest BCUT2D eigenvalue weighted by Gasteiger charge is -2.36. The van der Waals surface area contributed by atoms with Crippen molar-refractivity contribution in [2.75, 3.05) is 0 Å².